The lowest BCUT2D eigenvalue weighted by Crippen LogP contribution is -2.38. The van der Waals surface area contributed by atoms with E-state index in [1.54, 1.807) is 0 Å². The van der Waals surface area contributed by atoms with Gasteiger partial charge in [0, 0.05) is 18.7 Å². The first-order valence-corrected chi connectivity index (χ1v) is 13.6. The quantitative estimate of drug-likeness (QED) is 0.224. The summed E-state index contributed by atoms with van der Waals surface area (Å²) in [4.78, 5) is 26.0. The first kappa shape index (κ1) is 26.1. The Morgan fingerprint density at radius 3 is 2.61 bits per heavy atom. The van der Waals surface area contributed by atoms with Crippen LogP contribution < -0.4 is 10.5 Å². The van der Waals surface area contributed by atoms with Crippen molar-refractivity contribution in [2.24, 2.45) is 0 Å². The predicted molar refractivity (Wildman–Crippen MR) is 157 cm³/mol. The van der Waals surface area contributed by atoms with E-state index >= 15 is 0 Å². The van der Waals surface area contributed by atoms with Gasteiger partial charge in [-0.2, -0.15) is 5.10 Å². The molecule has 38 heavy (non-hydrogen) atoms. The van der Waals surface area contributed by atoms with Gasteiger partial charge >= 0.3 is 0 Å². The van der Waals surface area contributed by atoms with E-state index in [2.05, 4.69) is 32.6 Å². The number of ether oxygens (including phenoxy) is 1. The Labute approximate surface area is 235 Å². The molecule has 1 atom stereocenters. The molecule has 0 bridgehead atoms. The summed E-state index contributed by atoms with van der Waals surface area (Å²) in [5.41, 5.74) is 8.57. The van der Waals surface area contributed by atoms with Gasteiger partial charge in [-0.25, -0.2) is 14.6 Å². The average Bonchev–Trinajstić information content (AvgIpc) is 3.54. The number of nitrogens with zero attached hydrogens (tertiary/aromatic N) is 6. The number of carbonyl (C=O) groups excluding carboxylic acids is 1. The van der Waals surface area contributed by atoms with E-state index in [4.69, 9.17) is 15.6 Å². The van der Waals surface area contributed by atoms with Gasteiger partial charge in [0.15, 0.2) is 5.65 Å². The largest absolute Gasteiger partial charge is 0.457 e. The van der Waals surface area contributed by atoms with Crippen molar-refractivity contribution in [3.63, 3.8) is 0 Å². The highest BCUT2D eigenvalue weighted by Crippen LogP contribution is 2.33. The number of benzene rings is 2. The Balaban J connectivity index is 1.41. The molecule has 1 amide bonds. The standard InChI is InChI=1S/C28H30IN7O2/c1-34(2)16-14-23(29)28(37)35-15-6-7-20(35)17-36-27-24(26(30)31-18-32-27)25(33-36)19-10-12-22(13-11-19)38-21-8-4-3-5-9-21/h3-5,8-14,18,20H,6-7,15-17H2,1-2H3,(H2,30,31,32). The lowest BCUT2D eigenvalue weighted by molar-refractivity contribution is -0.127. The third-order valence-corrected chi connectivity index (χ3v) is 7.43. The number of carbonyl (C=O) groups is 1. The Morgan fingerprint density at radius 2 is 1.87 bits per heavy atom. The second-order valence-electron chi connectivity index (χ2n) is 9.54. The van der Waals surface area contributed by atoms with Gasteiger partial charge < -0.3 is 20.3 Å². The molecule has 2 N–H and O–H groups in total. The van der Waals surface area contributed by atoms with E-state index in [0.29, 0.717) is 29.1 Å². The average molecular weight is 623 g/mol. The first-order valence-electron chi connectivity index (χ1n) is 12.5. The zero-order chi connectivity index (χ0) is 26.6. The van der Waals surface area contributed by atoms with Gasteiger partial charge in [0.25, 0.3) is 5.91 Å². The molecular weight excluding hydrogens is 593 g/mol. The molecule has 0 radical (unpaired) electrons. The van der Waals surface area contributed by atoms with Crippen LogP contribution in [0.1, 0.15) is 12.8 Å². The number of nitrogen functional groups attached to an aromatic ring is 1. The second kappa shape index (κ2) is 11.5. The highest BCUT2D eigenvalue weighted by atomic mass is 127. The molecule has 2 aromatic heterocycles. The van der Waals surface area contributed by atoms with Gasteiger partial charge in [0.05, 0.1) is 21.6 Å². The molecular formula is C28H30IN7O2. The second-order valence-corrected chi connectivity index (χ2v) is 10.7. The minimum atomic E-state index is 0.0220. The van der Waals surface area contributed by atoms with Crippen molar-refractivity contribution in [3.05, 3.63) is 70.6 Å². The summed E-state index contributed by atoms with van der Waals surface area (Å²) in [5, 5.41) is 5.64. The molecule has 0 aliphatic carbocycles. The SMILES string of the molecule is CN(C)CC=C(I)C(=O)N1CCCC1Cn1nc(-c2ccc(Oc3ccccc3)cc2)c2c(N)ncnc21. The predicted octanol–water partition coefficient (Wildman–Crippen LogP) is 4.74. The maximum Gasteiger partial charge on any atom is 0.260 e. The number of amides is 1. The lowest BCUT2D eigenvalue weighted by atomic mass is 10.1. The fourth-order valence-corrected chi connectivity index (χ4v) is 5.15. The molecule has 9 nitrogen and oxygen atoms in total. The van der Waals surface area contributed by atoms with E-state index in [1.807, 2.05) is 89.3 Å². The number of para-hydroxylation sites is 1. The maximum atomic E-state index is 13.2. The number of hydrogen-bond donors (Lipinski definition) is 1. The number of aromatic nitrogens is 4. The Kier molecular flexibility index (Phi) is 7.89. The van der Waals surface area contributed by atoms with Crippen molar-refractivity contribution in [3.8, 4) is 22.8 Å². The summed E-state index contributed by atoms with van der Waals surface area (Å²) in [5.74, 6) is 1.94. The van der Waals surface area contributed by atoms with Crippen LogP contribution in [0.15, 0.2) is 70.6 Å². The van der Waals surface area contributed by atoms with Gasteiger partial charge in [-0.15, -0.1) is 0 Å². The number of likely N-dealkylation sites (N-methyl/N-ethyl adjacent to an activating group) is 1. The first-order chi connectivity index (χ1) is 18.4. The molecule has 1 unspecified atom stereocenters. The highest BCUT2D eigenvalue weighted by molar-refractivity contribution is 14.1. The van der Waals surface area contributed by atoms with E-state index in [-0.39, 0.29) is 11.9 Å². The molecule has 4 aromatic rings. The van der Waals surface area contributed by atoms with E-state index in [1.165, 1.54) is 6.33 Å². The molecule has 1 fully saturated rings. The summed E-state index contributed by atoms with van der Waals surface area (Å²) in [7, 11) is 3.97. The van der Waals surface area contributed by atoms with Gasteiger partial charge in [0.1, 0.15) is 29.3 Å². The fourth-order valence-electron chi connectivity index (χ4n) is 4.64. The van der Waals surface area contributed by atoms with Crippen LogP contribution in [0.4, 0.5) is 5.82 Å². The Hall–Kier alpha value is -3.51. The van der Waals surface area contributed by atoms with Crippen molar-refractivity contribution in [2.75, 3.05) is 32.9 Å². The van der Waals surface area contributed by atoms with Crippen molar-refractivity contribution in [2.45, 2.75) is 25.4 Å². The summed E-state index contributed by atoms with van der Waals surface area (Å²) in [6.07, 6.45) is 5.30. The van der Waals surface area contributed by atoms with Crippen LogP contribution in [0.2, 0.25) is 0 Å². The summed E-state index contributed by atoms with van der Waals surface area (Å²) in [6, 6.07) is 17.4. The molecule has 1 aliphatic rings. The van der Waals surface area contributed by atoms with Crippen LogP contribution in [-0.4, -0.2) is 68.7 Å². The van der Waals surface area contributed by atoms with Crippen molar-refractivity contribution >= 4 is 45.3 Å². The molecule has 0 saturated carbocycles. The minimum Gasteiger partial charge on any atom is -0.457 e. The zero-order valence-electron chi connectivity index (χ0n) is 21.4. The topological polar surface area (TPSA) is 102 Å². The number of halogens is 1. The molecule has 196 valence electrons. The summed E-state index contributed by atoms with van der Waals surface area (Å²) >= 11 is 2.14. The molecule has 1 saturated heterocycles. The zero-order valence-corrected chi connectivity index (χ0v) is 23.6. The van der Waals surface area contributed by atoms with E-state index in [0.717, 1.165) is 46.6 Å². The van der Waals surface area contributed by atoms with Crippen LogP contribution in [-0.2, 0) is 11.3 Å². The van der Waals surface area contributed by atoms with Gasteiger partial charge in [0.2, 0.25) is 0 Å². The van der Waals surface area contributed by atoms with Crippen LogP contribution in [0.3, 0.4) is 0 Å². The monoisotopic (exact) mass is 623 g/mol. The molecule has 3 heterocycles. The third-order valence-electron chi connectivity index (χ3n) is 6.53. The normalized spacial score (nSPS) is 15.9. The molecule has 10 heteroatoms. The van der Waals surface area contributed by atoms with Crippen molar-refractivity contribution in [1.29, 1.82) is 0 Å². The van der Waals surface area contributed by atoms with Crippen LogP contribution in [0.5, 0.6) is 11.5 Å². The number of rotatable bonds is 8. The maximum absolute atomic E-state index is 13.2. The van der Waals surface area contributed by atoms with E-state index < -0.39 is 0 Å². The molecule has 2 aromatic carbocycles. The highest BCUT2D eigenvalue weighted by Gasteiger charge is 2.31. The van der Waals surface area contributed by atoms with Crippen molar-refractivity contribution < 1.29 is 9.53 Å². The van der Waals surface area contributed by atoms with Gasteiger partial charge in [-0.1, -0.05) is 24.3 Å². The number of likely N-dealkylation sites (tertiary alicyclic amines) is 1. The molecule has 5 rings (SSSR count). The summed E-state index contributed by atoms with van der Waals surface area (Å²) in [6.45, 7) is 1.99. The van der Waals surface area contributed by atoms with Gasteiger partial charge in [-0.3, -0.25) is 4.79 Å². The number of nitrogens with two attached hydrogens (primary N) is 1. The van der Waals surface area contributed by atoms with Crippen LogP contribution >= 0.6 is 22.6 Å². The fraction of sp³-hybridized carbons (Fsp3) is 0.286. The number of fused-ring (bicyclic) bond motifs is 1. The number of anilines is 1. The number of hydrogen-bond acceptors (Lipinski definition) is 7. The van der Waals surface area contributed by atoms with Crippen LogP contribution in [0, 0.1) is 0 Å². The Morgan fingerprint density at radius 1 is 1.13 bits per heavy atom. The molecule has 0 spiro atoms. The van der Waals surface area contributed by atoms with E-state index in [9.17, 15) is 4.79 Å². The van der Waals surface area contributed by atoms with Crippen molar-refractivity contribution in [1.82, 2.24) is 29.5 Å². The van der Waals surface area contributed by atoms with Gasteiger partial charge in [-0.05, 0) is 85.9 Å². The summed E-state index contributed by atoms with van der Waals surface area (Å²) < 4.78 is 8.54. The minimum absolute atomic E-state index is 0.0220. The smallest absolute Gasteiger partial charge is 0.260 e. The third kappa shape index (κ3) is 5.65. The Bertz CT molecular complexity index is 1450. The molecule has 1 aliphatic heterocycles. The van der Waals surface area contributed by atoms with Crippen LogP contribution in [0.25, 0.3) is 22.3 Å². The lowest BCUT2D eigenvalue weighted by Gasteiger charge is -2.25.